The van der Waals surface area contributed by atoms with E-state index in [1.54, 1.807) is 0 Å². The van der Waals surface area contributed by atoms with Gasteiger partial charge in [0.25, 0.3) is 0 Å². The maximum atomic E-state index is 6.20. The van der Waals surface area contributed by atoms with E-state index in [0.29, 0.717) is 24.0 Å². The standard InChI is InChI=1S/C13H18ClNO2/c14-11-8-10(4-1-2-5-15)9-12-13(11)17-7-3-6-16-12/h8-9H,1-7,15H2. The molecule has 0 bridgehead atoms. The molecule has 0 atom stereocenters. The molecule has 0 unspecified atom stereocenters. The molecule has 0 aliphatic carbocycles. The van der Waals surface area contributed by atoms with Crippen molar-refractivity contribution in [3.63, 3.8) is 0 Å². The molecule has 2 N–H and O–H groups in total. The highest BCUT2D eigenvalue weighted by Gasteiger charge is 2.15. The average molecular weight is 256 g/mol. The smallest absolute Gasteiger partial charge is 0.179 e. The number of hydrogen-bond donors (Lipinski definition) is 1. The van der Waals surface area contributed by atoms with Crippen LogP contribution < -0.4 is 15.2 Å². The van der Waals surface area contributed by atoms with Gasteiger partial charge in [0.1, 0.15) is 0 Å². The fourth-order valence-corrected chi connectivity index (χ4v) is 2.19. The number of ether oxygens (including phenoxy) is 2. The minimum atomic E-state index is 0.646. The summed E-state index contributed by atoms with van der Waals surface area (Å²) in [5.74, 6) is 1.46. The van der Waals surface area contributed by atoms with E-state index in [1.165, 1.54) is 5.56 Å². The van der Waals surface area contributed by atoms with Crippen molar-refractivity contribution >= 4 is 11.6 Å². The number of hydrogen-bond acceptors (Lipinski definition) is 3. The van der Waals surface area contributed by atoms with Gasteiger partial charge in [-0.05, 0) is 43.5 Å². The summed E-state index contributed by atoms with van der Waals surface area (Å²) >= 11 is 6.20. The topological polar surface area (TPSA) is 44.5 Å². The molecule has 0 saturated carbocycles. The van der Waals surface area contributed by atoms with Crippen LogP contribution in [0.25, 0.3) is 0 Å². The monoisotopic (exact) mass is 255 g/mol. The summed E-state index contributed by atoms with van der Waals surface area (Å²) < 4.78 is 11.2. The number of fused-ring (bicyclic) bond motifs is 1. The molecule has 2 rings (SSSR count). The van der Waals surface area contributed by atoms with Gasteiger partial charge in [0.05, 0.1) is 18.2 Å². The van der Waals surface area contributed by atoms with Crippen LogP contribution in [-0.4, -0.2) is 19.8 Å². The normalized spacial score (nSPS) is 14.5. The lowest BCUT2D eigenvalue weighted by Crippen LogP contribution is -1.99. The van der Waals surface area contributed by atoms with Gasteiger partial charge in [-0.2, -0.15) is 0 Å². The summed E-state index contributed by atoms with van der Waals surface area (Å²) in [6, 6.07) is 3.99. The predicted octanol–water partition coefficient (Wildman–Crippen LogP) is 2.78. The Labute approximate surface area is 107 Å². The van der Waals surface area contributed by atoms with Crippen LogP contribution in [0.15, 0.2) is 12.1 Å². The first-order valence-electron chi connectivity index (χ1n) is 6.09. The molecule has 94 valence electrons. The molecule has 3 nitrogen and oxygen atoms in total. The maximum Gasteiger partial charge on any atom is 0.179 e. The third-order valence-corrected chi connectivity index (χ3v) is 3.06. The van der Waals surface area contributed by atoms with Crippen molar-refractivity contribution in [3.8, 4) is 11.5 Å². The van der Waals surface area contributed by atoms with Crippen molar-refractivity contribution in [1.82, 2.24) is 0 Å². The first-order valence-corrected chi connectivity index (χ1v) is 6.47. The Hall–Kier alpha value is -0.930. The molecule has 0 fully saturated rings. The van der Waals surface area contributed by atoms with Crippen LogP contribution in [0.1, 0.15) is 24.8 Å². The van der Waals surface area contributed by atoms with Gasteiger partial charge in [0.15, 0.2) is 11.5 Å². The Morgan fingerprint density at radius 1 is 1.18 bits per heavy atom. The minimum Gasteiger partial charge on any atom is -0.489 e. The molecule has 1 heterocycles. The number of nitrogens with two attached hydrogens (primary N) is 1. The van der Waals surface area contributed by atoms with Crippen LogP contribution in [0.3, 0.4) is 0 Å². The summed E-state index contributed by atoms with van der Waals surface area (Å²) in [4.78, 5) is 0. The number of rotatable bonds is 4. The van der Waals surface area contributed by atoms with Gasteiger partial charge in [-0.25, -0.2) is 0 Å². The van der Waals surface area contributed by atoms with E-state index in [2.05, 4.69) is 0 Å². The first-order chi connectivity index (χ1) is 8.31. The molecular weight excluding hydrogens is 238 g/mol. The van der Waals surface area contributed by atoms with Crippen LogP contribution >= 0.6 is 11.6 Å². The van der Waals surface area contributed by atoms with E-state index >= 15 is 0 Å². The van der Waals surface area contributed by atoms with Crippen molar-refractivity contribution < 1.29 is 9.47 Å². The Morgan fingerprint density at radius 2 is 2.00 bits per heavy atom. The molecule has 0 saturated heterocycles. The molecule has 1 aromatic carbocycles. The quantitative estimate of drug-likeness (QED) is 0.842. The van der Waals surface area contributed by atoms with Crippen LogP contribution in [0.4, 0.5) is 0 Å². The Morgan fingerprint density at radius 3 is 2.82 bits per heavy atom. The van der Waals surface area contributed by atoms with Crippen molar-refractivity contribution in [2.75, 3.05) is 19.8 Å². The summed E-state index contributed by atoms with van der Waals surface area (Å²) in [5, 5.41) is 0.646. The van der Waals surface area contributed by atoms with E-state index in [4.69, 9.17) is 26.8 Å². The summed E-state index contributed by atoms with van der Waals surface area (Å²) in [6.45, 7) is 2.09. The van der Waals surface area contributed by atoms with Gasteiger partial charge in [-0.1, -0.05) is 11.6 Å². The second-order valence-electron chi connectivity index (χ2n) is 4.20. The van der Waals surface area contributed by atoms with Gasteiger partial charge >= 0.3 is 0 Å². The van der Waals surface area contributed by atoms with E-state index in [1.807, 2.05) is 12.1 Å². The van der Waals surface area contributed by atoms with Gasteiger partial charge in [-0.15, -0.1) is 0 Å². The lowest BCUT2D eigenvalue weighted by Gasteiger charge is -2.11. The molecule has 4 heteroatoms. The van der Waals surface area contributed by atoms with Crippen LogP contribution in [0.5, 0.6) is 11.5 Å². The number of halogens is 1. The molecule has 1 aliphatic heterocycles. The third-order valence-electron chi connectivity index (χ3n) is 2.78. The van der Waals surface area contributed by atoms with Gasteiger partial charge in [0.2, 0.25) is 0 Å². The van der Waals surface area contributed by atoms with E-state index in [0.717, 1.165) is 38.0 Å². The zero-order valence-electron chi connectivity index (χ0n) is 9.88. The molecule has 17 heavy (non-hydrogen) atoms. The zero-order valence-corrected chi connectivity index (χ0v) is 10.6. The molecule has 0 aromatic heterocycles. The predicted molar refractivity (Wildman–Crippen MR) is 69.1 cm³/mol. The Bertz CT molecular complexity index is 382. The van der Waals surface area contributed by atoms with Crippen molar-refractivity contribution in [1.29, 1.82) is 0 Å². The highest BCUT2D eigenvalue weighted by Crippen LogP contribution is 2.38. The average Bonchev–Trinajstić information content (AvgIpc) is 2.55. The number of aryl methyl sites for hydroxylation is 1. The van der Waals surface area contributed by atoms with Gasteiger partial charge in [-0.3, -0.25) is 0 Å². The fraction of sp³-hybridized carbons (Fsp3) is 0.538. The fourth-order valence-electron chi connectivity index (χ4n) is 1.90. The van der Waals surface area contributed by atoms with Crippen LogP contribution in [-0.2, 0) is 6.42 Å². The largest absolute Gasteiger partial charge is 0.489 e. The van der Waals surface area contributed by atoms with Crippen molar-refractivity contribution in [2.24, 2.45) is 5.73 Å². The molecular formula is C13H18ClNO2. The molecule has 1 aromatic rings. The minimum absolute atomic E-state index is 0.646. The summed E-state index contributed by atoms with van der Waals surface area (Å²) in [5.41, 5.74) is 6.67. The highest BCUT2D eigenvalue weighted by molar-refractivity contribution is 6.32. The Kier molecular flexibility index (Phi) is 4.51. The lowest BCUT2D eigenvalue weighted by atomic mass is 10.1. The first kappa shape index (κ1) is 12.5. The van der Waals surface area contributed by atoms with Crippen molar-refractivity contribution in [3.05, 3.63) is 22.7 Å². The van der Waals surface area contributed by atoms with E-state index in [-0.39, 0.29) is 0 Å². The second-order valence-corrected chi connectivity index (χ2v) is 4.61. The SMILES string of the molecule is NCCCCc1cc(Cl)c2c(c1)OCCCO2. The summed E-state index contributed by atoms with van der Waals surface area (Å²) in [7, 11) is 0. The summed E-state index contributed by atoms with van der Waals surface area (Å²) in [6.07, 6.45) is 3.99. The zero-order chi connectivity index (χ0) is 12.1. The molecule has 1 aliphatic rings. The maximum absolute atomic E-state index is 6.20. The number of benzene rings is 1. The highest BCUT2D eigenvalue weighted by atomic mass is 35.5. The lowest BCUT2D eigenvalue weighted by molar-refractivity contribution is 0.297. The van der Waals surface area contributed by atoms with E-state index in [9.17, 15) is 0 Å². The Balaban J connectivity index is 2.14. The molecule has 0 amide bonds. The van der Waals surface area contributed by atoms with Gasteiger partial charge in [0, 0.05) is 6.42 Å². The van der Waals surface area contributed by atoms with E-state index < -0.39 is 0 Å². The van der Waals surface area contributed by atoms with Crippen molar-refractivity contribution in [2.45, 2.75) is 25.7 Å². The van der Waals surface area contributed by atoms with Crippen LogP contribution in [0, 0.1) is 0 Å². The van der Waals surface area contributed by atoms with Crippen LogP contribution in [0.2, 0.25) is 5.02 Å². The van der Waals surface area contributed by atoms with Gasteiger partial charge < -0.3 is 15.2 Å². The molecule has 0 spiro atoms. The second kappa shape index (κ2) is 6.12. The number of unbranched alkanes of at least 4 members (excludes halogenated alkanes) is 1. The third kappa shape index (κ3) is 3.27. The molecule has 0 radical (unpaired) electrons.